The number of amides is 1. The standard InChI is InChI=1S/C19H22N2O3S/c22-19(24-15-16-7-3-1-4-8-16)21-25(23)13-11-18(20-12-14-25)17-9-5-2-6-10-17/h1-10,18,20H,11-15H2. The van der Waals surface area contributed by atoms with E-state index in [2.05, 4.69) is 21.8 Å². The fourth-order valence-corrected chi connectivity index (χ4v) is 4.59. The Morgan fingerprint density at radius 1 is 1.08 bits per heavy atom. The second-order valence-electron chi connectivity index (χ2n) is 6.02. The average molecular weight is 358 g/mol. The lowest BCUT2D eigenvalue weighted by atomic mass is 10.1. The van der Waals surface area contributed by atoms with Crippen molar-refractivity contribution in [3.8, 4) is 0 Å². The first-order valence-electron chi connectivity index (χ1n) is 8.36. The summed E-state index contributed by atoms with van der Waals surface area (Å²) in [5.41, 5.74) is 2.05. The molecule has 2 aromatic rings. The van der Waals surface area contributed by atoms with Gasteiger partial charge >= 0.3 is 6.09 Å². The molecule has 3 rings (SSSR count). The Hall–Kier alpha value is -2.18. The van der Waals surface area contributed by atoms with Crippen LogP contribution in [0.2, 0.25) is 0 Å². The van der Waals surface area contributed by atoms with Gasteiger partial charge in [-0.25, -0.2) is 9.00 Å². The molecule has 2 atom stereocenters. The van der Waals surface area contributed by atoms with E-state index in [1.54, 1.807) is 0 Å². The number of ether oxygens (including phenoxy) is 1. The average Bonchev–Trinajstić information content (AvgIpc) is 2.83. The summed E-state index contributed by atoms with van der Waals surface area (Å²) in [6.07, 6.45) is -0.0646. The molecular weight excluding hydrogens is 336 g/mol. The van der Waals surface area contributed by atoms with Crippen LogP contribution >= 0.6 is 0 Å². The third kappa shape index (κ3) is 5.14. The molecular formula is C19H22N2O3S. The van der Waals surface area contributed by atoms with Gasteiger partial charge < -0.3 is 10.1 Å². The Morgan fingerprint density at radius 3 is 2.48 bits per heavy atom. The van der Waals surface area contributed by atoms with Gasteiger partial charge in [-0.15, -0.1) is 4.36 Å². The summed E-state index contributed by atoms with van der Waals surface area (Å²) in [5, 5.41) is 3.39. The molecule has 25 heavy (non-hydrogen) atoms. The van der Waals surface area contributed by atoms with E-state index in [1.807, 2.05) is 48.5 Å². The zero-order valence-corrected chi connectivity index (χ0v) is 14.8. The summed E-state index contributed by atoms with van der Waals surface area (Å²) in [5.74, 6) is 0.747. The van der Waals surface area contributed by atoms with Crippen molar-refractivity contribution in [3.05, 3.63) is 71.8 Å². The molecule has 0 aromatic heterocycles. The second kappa shape index (κ2) is 8.27. The third-order valence-corrected chi connectivity index (χ3v) is 6.38. The summed E-state index contributed by atoms with van der Waals surface area (Å²) in [6.45, 7) is 0.706. The van der Waals surface area contributed by atoms with E-state index in [1.165, 1.54) is 0 Å². The minimum atomic E-state index is -2.58. The molecule has 1 aliphatic rings. The van der Waals surface area contributed by atoms with Crippen molar-refractivity contribution in [1.82, 2.24) is 5.32 Å². The van der Waals surface area contributed by atoms with Crippen molar-refractivity contribution in [3.63, 3.8) is 0 Å². The maximum atomic E-state index is 12.9. The van der Waals surface area contributed by atoms with Gasteiger partial charge in [0.15, 0.2) is 0 Å². The number of carbonyl (C=O) groups excluding carboxylic acids is 1. The molecule has 1 heterocycles. The minimum absolute atomic E-state index is 0.139. The fourth-order valence-electron chi connectivity index (χ4n) is 2.84. The van der Waals surface area contributed by atoms with Crippen LogP contribution in [0.3, 0.4) is 0 Å². The van der Waals surface area contributed by atoms with E-state index in [4.69, 9.17) is 4.74 Å². The quantitative estimate of drug-likeness (QED) is 0.911. The van der Waals surface area contributed by atoms with Gasteiger partial charge in [0, 0.05) is 24.1 Å². The third-order valence-electron chi connectivity index (χ3n) is 4.19. The van der Waals surface area contributed by atoms with Gasteiger partial charge in [-0.1, -0.05) is 60.7 Å². The molecule has 1 amide bonds. The lowest BCUT2D eigenvalue weighted by molar-refractivity contribution is 0.151. The van der Waals surface area contributed by atoms with E-state index in [0.29, 0.717) is 24.5 Å². The number of rotatable bonds is 3. The number of benzene rings is 2. The number of nitrogens with one attached hydrogen (secondary N) is 1. The van der Waals surface area contributed by atoms with Gasteiger partial charge in [-0.05, 0) is 17.5 Å². The zero-order chi connectivity index (χ0) is 17.5. The maximum absolute atomic E-state index is 12.9. The largest absolute Gasteiger partial charge is 0.443 e. The van der Waals surface area contributed by atoms with Gasteiger partial charge in [0.1, 0.15) is 6.61 Å². The molecule has 2 unspecified atom stereocenters. The number of hydrogen-bond donors (Lipinski definition) is 1. The molecule has 0 bridgehead atoms. The van der Waals surface area contributed by atoms with E-state index in [9.17, 15) is 9.00 Å². The first-order valence-corrected chi connectivity index (χ1v) is 10.2. The molecule has 1 saturated heterocycles. The van der Waals surface area contributed by atoms with Crippen LogP contribution in [0.4, 0.5) is 4.79 Å². The van der Waals surface area contributed by atoms with Crippen LogP contribution in [0.5, 0.6) is 0 Å². The molecule has 0 saturated carbocycles. The predicted octanol–water partition coefficient (Wildman–Crippen LogP) is 3.53. The SMILES string of the molecule is O=C(N=S1(=O)CCNC(c2ccccc2)CC1)OCc1ccccc1. The predicted molar refractivity (Wildman–Crippen MR) is 98.7 cm³/mol. The Labute approximate surface area is 148 Å². The van der Waals surface area contributed by atoms with Crippen molar-refractivity contribution in [1.29, 1.82) is 0 Å². The Balaban J connectivity index is 1.62. The first-order chi connectivity index (χ1) is 12.1. The monoisotopic (exact) mass is 358 g/mol. The summed E-state index contributed by atoms with van der Waals surface area (Å²) in [6, 6.07) is 19.6. The fraction of sp³-hybridized carbons (Fsp3) is 0.316. The van der Waals surface area contributed by atoms with Crippen LogP contribution in [-0.2, 0) is 21.1 Å². The number of nitrogens with zero attached hydrogens (tertiary/aromatic N) is 1. The van der Waals surface area contributed by atoms with Gasteiger partial charge in [0.05, 0.1) is 9.73 Å². The van der Waals surface area contributed by atoms with Crippen molar-refractivity contribution in [2.24, 2.45) is 4.36 Å². The van der Waals surface area contributed by atoms with Gasteiger partial charge in [0.2, 0.25) is 0 Å². The van der Waals surface area contributed by atoms with E-state index < -0.39 is 15.8 Å². The van der Waals surface area contributed by atoms with Crippen LogP contribution in [-0.4, -0.2) is 28.4 Å². The number of carbonyl (C=O) groups is 1. The van der Waals surface area contributed by atoms with Crippen LogP contribution in [0.15, 0.2) is 65.0 Å². The summed E-state index contributed by atoms with van der Waals surface area (Å²) in [4.78, 5) is 12.0. The molecule has 132 valence electrons. The normalized spacial score (nSPS) is 23.4. The highest BCUT2D eigenvalue weighted by Gasteiger charge is 2.22. The molecule has 1 N–H and O–H groups in total. The minimum Gasteiger partial charge on any atom is -0.443 e. The van der Waals surface area contributed by atoms with Gasteiger partial charge in [0.25, 0.3) is 0 Å². The van der Waals surface area contributed by atoms with Crippen LogP contribution in [0, 0.1) is 0 Å². The van der Waals surface area contributed by atoms with Crippen molar-refractivity contribution >= 4 is 15.8 Å². The summed E-state index contributed by atoms with van der Waals surface area (Å²) in [7, 11) is -2.58. The van der Waals surface area contributed by atoms with Gasteiger partial charge in [-0.2, -0.15) is 0 Å². The van der Waals surface area contributed by atoms with Crippen molar-refractivity contribution in [2.75, 3.05) is 18.1 Å². The first kappa shape index (κ1) is 17.6. The highest BCUT2D eigenvalue weighted by Crippen LogP contribution is 2.20. The van der Waals surface area contributed by atoms with E-state index in [-0.39, 0.29) is 12.6 Å². The van der Waals surface area contributed by atoms with Crippen LogP contribution in [0.25, 0.3) is 0 Å². The highest BCUT2D eigenvalue weighted by atomic mass is 32.2. The summed E-state index contributed by atoms with van der Waals surface area (Å²) >= 11 is 0. The lowest BCUT2D eigenvalue weighted by Crippen LogP contribution is -2.22. The molecule has 0 aliphatic carbocycles. The van der Waals surface area contributed by atoms with Crippen molar-refractivity contribution < 1.29 is 13.7 Å². The van der Waals surface area contributed by atoms with Crippen LogP contribution < -0.4 is 5.32 Å². The number of hydrogen-bond acceptors (Lipinski definition) is 4. The van der Waals surface area contributed by atoms with E-state index in [0.717, 1.165) is 11.1 Å². The maximum Gasteiger partial charge on any atom is 0.442 e. The Kier molecular flexibility index (Phi) is 5.83. The highest BCUT2D eigenvalue weighted by molar-refractivity contribution is 7.93. The molecule has 6 heteroatoms. The van der Waals surface area contributed by atoms with E-state index >= 15 is 0 Å². The second-order valence-corrected chi connectivity index (χ2v) is 8.56. The Morgan fingerprint density at radius 2 is 1.76 bits per heavy atom. The van der Waals surface area contributed by atoms with Crippen molar-refractivity contribution in [2.45, 2.75) is 19.1 Å². The van der Waals surface area contributed by atoms with Crippen LogP contribution in [0.1, 0.15) is 23.6 Å². The summed E-state index contributed by atoms with van der Waals surface area (Å²) < 4.78 is 22.0. The Bertz CT molecular complexity index is 815. The molecule has 0 spiro atoms. The lowest BCUT2D eigenvalue weighted by Gasteiger charge is -2.15. The molecule has 2 aromatic carbocycles. The van der Waals surface area contributed by atoms with Gasteiger partial charge in [-0.3, -0.25) is 0 Å². The smallest absolute Gasteiger partial charge is 0.442 e. The molecule has 0 radical (unpaired) electrons. The zero-order valence-electron chi connectivity index (χ0n) is 14.0. The molecule has 1 aliphatic heterocycles. The topological polar surface area (TPSA) is 67.8 Å². The molecule has 1 fully saturated rings. The molecule has 5 nitrogen and oxygen atoms in total.